The van der Waals surface area contributed by atoms with Crippen LogP contribution in [0.25, 0.3) is 11.0 Å². The number of hydrogen-bond donors (Lipinski definition) is 1. The van der Waals surface area contributed by atoms with Gasteiger partial charge in [-0.3, -0.25) is 4.79 Å². The van der Waals surface area contributed by atoms with Crippen molar-refractivity contribution < 1.29 is 4.79 Å². The Balaban J connectivity index is 1.34. The van der Waals surface area contributed by atoms with E-state index in [0.717, 1.165) is 61.4 Å². The lowest BCUT2D eigenvalue weighted by Gasteiger charge is -2.27. The molecule has 1 amide bonds. The highest BCUT2D eigenvalue weighted by atomic mass is 16.2. The molecule has 0 aliphatic carbocycles. The number of carbonyl (C=O) groups excluding carboxylic acids is 1. The van der Waals surface area contributed by atoms with E-state index >= 15 is 0 Å². The number of rotatable bonds is 4. The van der Waals surface area contributed by atoms with Gasteiger partial charge in [0.05, 0.1) is 29.3 Å². The molecule has 0 saturated carbocycles. The smallest absolute Gasteiger partial charge is 0.227 e. The number of nitrogens with zero attached hydrogens (tertiary/aromatic N) is 5. The number of hydrogen-bond acceptors (Lipinski definition) is 5. The van der Waals surface area contributed by atoms with E-state index in [9.17, 15) is 4.79 Å². The van der Waals surface area contributed by atoms with Crippen LogP contribution >= 0.6 is 0 Å². The average Bonchev–Trinajstić information content (AvgIpc) is 3.40. The van der Waals surface area contributed by atoms with E-state index in [2.05, 4.69) is 19.9 Å². The van der Waals surface area contributed by atoms with Gasteiger partial charge in [-0.2, -0.15) is 0 Å². The van der Waals surface area contributed by atoms with Crippen LogP contribution in [0.1, 0.15) is 42.9 Å². The van der Waals surface area contributed by atoms with Crippen LogP contribution in [0.4, 0.5) is 0 Å². The van der Waals surface area contributed by atoms with Gasteiger partial charge in [-0.25, -0.2) is 15.0 Å². The zero-order valence-electron chi connectivity index (χ0n) is 16.7. The van der Waals surface area contributed by atoms with Crippen molar-refractivity contribution in [1.29, 1.82) is 0 Å². The highest BCUT2D eigenvalue weighted by Crippen LogP contribution is 2.32. The van der Waals surface area contributed by atoms with Crippen molar-refractivity contribution >= 4 is 16.9 Å². The van der Waals surface area contributed by atoms with Gasteiger partial charge >= 0.3 is 0 Å². The standard InChI is InChI=1S/C22H26N6O/c1-15(13-27-14-25-18-5-2-3-6-19(18)27)22(29)28-10-4-7-20(28)21-24-12-16-11-23-9-8-17(16)26-21/h2-3,5-6,12,14-15,20,23H,4,7-11,13H2,1H3/t15-,20-/m1/s1. The molecule has 7 nitrogen and oxygen atoms in total. The number of amides is 1. The summed E-state index contributed by atoms with van der Waals surface area (Å²) in [5, 5.41) is 3.35. The van der Waals surface area contributed by atoms with E-state index in [4.69, 9.17) is 4.98 Å². The number of nitrogens with one attached hydrogen (secondary N) is 1. The number of fused-ring (bicyclic) bond motifs is 2. The molecule has 1 N–H and O–H groups in total. The second-order valence-corrected chi connectivity index (χ2v) is 8.10. The number of benzene rings is 1. The van der Waals surface area contributed by atoms with Crippen molar-refractivity contribution in [3.05, 3.63) is 53.9 Å². The zero-order valence-corrected chi connectivity index (χ0v) is 16.7. The van der Waals surface area contributed by atoms with E-state index < -0.39 is 0 Å². The maximum atomic E-state index is 13.3. The van der Waals surface area contributed by atoms with E-state index in [1.807, 2.05) is 48.6 Å². The summed E-state index contributed by atoms with van der Waals surface area (Å²) in [6.07, 6.45) is 6.63. The van der Waals surface area contributed by atoms with Gasteiger partial charge in [-0.1, -0.05) is 19.1 Å². The summed E-state index contributed by atoms with van der Waals surface area (Å²) in [6.45, 7) is 5.19. The molecular formula is C22H26N6O. The molecule has 2 aromatic heterocycles. The zero-order chi connectivity index (χ0) is 19.8. The number of imidazole rings is 1. The number of aromatic nitrogens is 4. The van der Waals surface area contributed by atoms with Gasteiger partial charge in [0.1, 0.15) is 0 Å². The molecule has 0 bridgehead atoms. The van der Waals surface area contributed by atoms with Crippen LogP contribution in [-0.4, -0.2) is 43.4 Å². The highest BCUT2D eigenvalue weighted by Gasteiger charge is 2.34. The number of para-hydroxylation sites is 2. The molecule has 1 aromatic carbocycles. The second kappa shape index (κ2) is 7.55. The fourth-order valence-electron chi connectivity index (χ4n) is 4.52. The topological polar surface area (TPSA) is 75.9 Å². The Hall–Kier alpha value is -2.80. The lowest BCUT2D eigenvalue weighted by Crippen LogP contribution is -2.37. The van der Waals surface area contributed by atoms with Crippen molar-refractivity contribution in [2.75, 3.05) is 13.1 Å². The first-order valence-electron chi connectivity index (χ1n) is 10.5. The maximum Gasteiger partial charge on any atom is 0.227 e. The van der Waals surface area contributed by atoms with Crippen LogP contribution in [0, 0.1) is 5.92 Å². The quantitative estimate of drug-likeness (QED) is 0.741. The van der Waals surface area contributed by atoms with Crippen LogP contribution in [0.15, 0.2) is 36.8 Å². The first kappa shape index (κ1) is 18.2. The normalized spacial score (nSPS) is 20.0. The SMILES string of the molecule is C[C@H](Cn1cnc2ccccc21)C(=O)N1CCC[C@@H]1c1ncc2c(n1)CCNC2. The van der Waals surface area contributed by atoms with Crippen LogP contribution in [-0.2, 0) is 24.3 Å². The summed E-state index contributed by atoms with van der Waals surface area (Å²) in [5.41, 5.74) is 4.34. The Morgan fingerprint density at radius 3 is 3.14 bits per heavy atom. The summed E-state index contributed by atoms with van der Waals surface area (Å²) >= 11 is 0. The van der Waals surface area contributed by atoms with Crippen LogP contribution < -0.4 is 5.32 Å². The summed E-state index contributed by atoms with van der Waals surface area (Å²) in [4.78, 5) is 29.2. The molecule has 2 aliphatic rings. The van der Waals surface area contributed by atoms with E-state index in [1.54, 1.807) is 0 Å². The van der Waals surface area contributed by atoms with Gasteiger partial charge in [-0.15, -0.1) is 0 Å². The molecule has 0 spiro atoms. The molecule has 0 unspecified atom stereocenters. The molecule has 2 atom stereocenters. The third kappa shape index (κ3) is 3.40. The maximum absolute atomic E-state index is 13.3. The van der Waals surface area contributed by atoms with Crippen molar-refractivity contribution in [1.82, 2.24) is 29.7 Å². The van der Waals surface area contributed by atoms with Crippen molar-refractivity contribution in [2.24, 2.45) is 5.92 Å². The minimum Gasteiger partial charge on any atom is -0.332 e. The minimum atomic E-state index is -0.130. The first-order valence-corrected chi connectivity index (χ1v) is 10.5. The predicted molar refractivity (Wildman–Crippen MR) is 110 cm³/mol. The van der Waals surface area contributed by atoms with Crippen LogP contribution in [0.3, 0.4) is 0 Å². The summed E-state index contributed by atoms with van der Waals surface area (Å²) in [6, 6.07) is 8.03. The van der Waals surface area contributed by atoms with Crippen molar-refractivity contribution in [2.45, 2.75) is 45.3 Å². The molecule has 4 heterocycles. The first-order chi connectivity index (χ1) is 14.2. The summed E-state index contributed by atoms with van der Waals surface area (Å²) in [5.74, 6) is 0.847. The molecule has 2 aliphatic heterocycles. The second-order valence-electron chi connectivity index (χ2n) is 8.10. The fraction of sp³-hybridized carbons (Fsp3) is 0.455. The number of carbonyl (C=O) groups is 1. The Kier molecular flexibility index (Phi) is 4.75. The lowest BCUT2D eigenvalue weighted by atomic mass is 10.1. The third-order valence-electron chi connectivity index (χ3n) is 6.08. The Morgan fingerprint density at radius 1 is 1.31 bits per heavy atom. The van der Waals surface area contributed by atoms with Gasteiger partial charge in [0.25, 0.3) is 0 Å². The summed E-state index contributed by atoms with van der Waals surface area (Å²) < 4.78 is 2.07. The van der Waals surface area contributed by atoms with Gasteiger partial charge in [0.2, 0.25) is 5.91 Å². The number of likely N-dealkylation sites (tertiary alicyclic amines) is 1. The lowest BCUT2D eigenvalue weighted by molar-refractivity contribution is -0.136. The van der Waals surface area contributed by atoms with Gasteiger partial charge < -0.3 is 14.8 Å². The van der Waals surface area contributed by atoms with Gasteiger partial charge in [0, 0.05) is 50.1 Å². The molecular weight excluding hydrogens is 364 g/mol. The molecule has 1 fully saturated rings. The molecule has 7 heteroatoms. The highest BCUT2D eigenvalue weighted by molar-refractivity contribution is 5.80. The van der Waals surface area contributed by atoms with Gasteiger partial charge in [-0.05, 0) is 25.0 Å². The van der Waals surface area contributed by atoms with Crippen molar-refractivity contribution in [3.8, 4) is 0 Å². The van der Waals surface area contributed by atoms with E-state index in [0.29, 0.717) is 6.54 Å². The Morgan fingerprint density at radius 2 is 2.21 bits per heavy atom. The fourth-order valence-corrected chi connectivity index (χ4v) is 4.52. The van der Waals surface area contributed by atoms with Crippen molar-refractivity contribution in [3.63, 3.8) is 0 Å². The third-order valence-corrected chi connectivity index (χ3v) is 6.08. The predicted octanol–water partition coefficient (Wildman–Crippen LogP) is 2.47. The average molecular weight is 390 g/mol. The van der Waals surface area contributed by atoms with Crippen LogP contribution in [0.2, 0.25) is 0 Å². The molecule has 3 aromatic rings. The Labute approximate surface area is 170 Å². The largest absolute Gasteiger partial charge is 0.332 e. The van der Waals surface area contributed by atoms with E-state index in [-0.39, 0.29) is 17.9 Å². The van der Waals surface area contributed by atoms with E-state index in [1.165, 1.54) is 5.56 Å². The molecule has 29 heavy (non-hydrogen) atoms. The van der Waals surface area contributed by atoms with Crippen LogP contribution in [0.5, 0.6) is 0 Å². The minimum absolute atomic E-state index is 0.00957. The molecule has 1 saturated heterocycles. The molecule has 150 valence electrons. The Bertz CT molecular complexity index is 1040. The molecule has 5 rings (SSSR count). The van der Waals surface area contributed by atoms with Gasteiger partial charge in [0.15, 0.2) is 5.82 Å². The molecule has 0 radical (unpaired) electrons. The summed E-state index contributed by atoms with van der Waals surface area (Å²) in [7, 11) is 0. The monoisotopic (exact) mass is 390 g/mol.